The first-order chi connectivity index (χ1) is 18.2. The Morgan fingerprint density at radius 2 is 1.95 bits per heavy atom. The van der Waals surface area contributed by atoms with Crippen LogP contribution < -0.4 is 0 Å². The highest BCUT2D eigenvalue weighted by atomic mass is 19.1. The zero-order chi connectivity index (χ0) is 28.8. The molecule has 0 aliphatic carbocycles. The smallest absolute Gasteiger partial charge is 0.309 e. The first-order valence-electron chi connectivity index (χ1n) is 13.9. The van der Waals surface area contributed by atoms with Gasteiger partial charge in [-0.3, -0.25) is 9.59 Å². The van der Waals surface area contributed by atoms with Crippen LogP contribution in [0, 0.1) is 24.2 Å². The van der Waals surface area contributed by atoms with Gasteiger partial charge in [-0.15, -0.1) is 0 Å². The maximum Gasteiger partial charge on any atom is 0.309 e. The van der Waals surface area contributed by atoms with Gasteiger partial charge in [-0.25, -0.2) is 9.37 Å². The Hall–Kier alpha value is -2.14. The molecule has 9 nitrogen and oxygen atoms in total. The molecule has 218 valence electrons. The fourth-order valence-corrected chi connectivity index (χ4v) is 6.01. The van der Waals surface area contributed by atoms with Crippen LogP contribution in [0.4, 0.5) is 4.39 Å². The maximum atomic E-state index is 15.6. The van der Waals surface area contributed by atoms with E-state index in [-0.39, 0.29) is 23.8 Å². The van der Waals surface area contributed by atoms with E-state index in [2.05, 4.69) is 4.98 Å². The summed E-state index contributed by atoms with van der Waals surface area (Å²) < 4.78 is 38.0. The summed E-state index contributed by atoms with van der Waals surface area (Å²) in [6.45, 7) is 10.9. The summed E-state index contributed by atoms with van der Waals surface area (Å²) in [4.78, 5) is 30.8. The minimum absolute atomic E-state index is 0.0859. The Balaban J connectivity index is 1.64. The predicted octanol–water partition coefficient (Wildman–Crippen LogP) is 4.08. The molecule has 3 unspecified atom stereocenters. The van der Waals surface area contributed by atoms with Crippen LogP contribution in [0.15, 0.2) is 16.5 Å². The average molecular weight is 552 g/mol. The van der Waals surface area contributed by atoms with Crippen molar-refractivity contribution in [1.82, 2.24) is 4.98 Å². The molecule has 0 bridgehead atoms. The van der Waals surface area contributed by atoms with Gasteiger partial charge in [0.1, 0.15) is 29.2 Å². The van der Waals surface area contributed by atoms with Crippen LogP contribution in [-0.2, 0) is 23.8 Å². The van der Waals surface area contributed by atoms with Crippen molar-refractivity contribution in [3.63, 3.8) is 0 Å². The van der Waals surface area contributed by atoms with E-state index in [0.717, 1.165) is 6.42 Å². The van der Waals surface area contributed by atoms with Crippen molar-refractivity contribution >= 4 is 17.8 Å². The molecule has 0 spiro atoms. The van der Waals surface area contributed by atoms with Crippen LogP contribution in [-0.4, -0.2) is 69.2 Å². The van der Waals surface area contributed by atoms with E-state index < -0.39 is 65.2 Å². The molecule has 3 fully saturated rings. The van der Waals surface area contributed by atoms with Gasteiger partial charge in [0.15, 0.2) is 12.0 Å². The Labute approximate surface area is 229 Å². The van der Waals surface area contributed by atoms with Crippen LogP contribution >= 0.6 is 0 Å². The number of cyclic esters (lactones) is 1. The fourth-order valence-electron chi connectivity index (χ4n) is 6.01. The molecule has 3 aliphatic heterocycles. The zero-order valence-electron chi connectivity index (χ0n) is 23.7. The third-order valence-corrected chi connectivity index (χ3v) is 9.09. The standard InChI is InChI=1S/C29H42FNO8/c1-7-29-13-20(19(30)11-18-14-36-17(3)31-18)38-23(33)12-22(32)27(4,5)26(35)24(21-15-37-21)25(34)16(2)9-8-10-28(29,6)39-29/h11,14,16,20-22,24-25,32,34H,7-10,12-13,15H2,1-6H3/t16-,20-,21?,22-,24-,25+,28?,29?/m0/s1. The molecule has 0 saturated carbocycles. The van der Waals surface area contributed by atoms with E-state index in [4.69, 9.17) is 18.6 Å². The third-order valence-electron chi connectivity index (χ3n) is 9.09. The van der Waals surface area contributed by atoms with Gasteiger partial charge in [-0.2, -0.15) is 0 Å². The number of hydrogen-bond donors (Lipinski definition) is 2. The van der Waals surface area contributed by atoms with E-state index >= 15 is 4.39 Å². The van der Waals surface area contributed by atoms with E-state index in [1.165, 1.54) is 12.3 Å². The zero-order valence-corrected chi connectivity index (χ0v) is 23.7. The van der Waals surface area contributed by atoms with E-state index in [1.807, 2.05) is 20.8 Å². The summed E-state index contributed by atoms with van der Waals surface area (Å²) in [5.74, 6) is -2.58. The highest BCUT2D eigenvalue weighted by Crippen LogP contribution is 2.57. The number of oxazole rings is 1. The lowest BCUT2D eigenvalue weighted by atomic mass is 9.71. The molecule has 10 heteroatoms. The van der Waals surface area contributed by atoms with Gasteiger partial charge in [0.2, 0.25) is 0 Å². The number of rotatable bonds is 4. The van der Waals surface area contributed by atoms with Crippen molar-refractivity contribution in [2.24, 2.45) is 17.3 Å². The second kappa shape index (κ2) is 11.0. The van der Waals surface area contributed by atoms with Crippen LogP contribution in [0.3, 0.4) is 0 Å². The maximum absolute atomic E-state index is 15.6. The summed E-state index contributed by atoms with van der Waals surface area (Å²) in [5, 5.41) is 22.2. The van der Waals surface area contributed by atoms with Crippen molar-refractivity contribution in [3.05, 3.63) is 23.7 Å². The van der Waals surface area contributed by atoms with Gasteiger partial charge < -0.3 is 28.8 Å². The second-order valence-electron chi connectivity index (χ2n) is 12.2. The minimum atomic E-state index is -1.41. The molecular weight excluding hydrogens is 509 g/mol. The van der Waals surface area contributed by atoms with Crippen LogP contribution in [0.25, 0.3) is 6.08 Å². The summed E-state index contributed by atoms with van der Waals surface area (Å²) >= 11 is 0. The number of nitrogens with zero attached hydrogens (tertiary/aromatic N) is 1. The number of ether oxygens (including phenoxy) is 3. The van der Waals surface area contributed by atoms with Gasteiger partial charge in [-0.05, 0) is 32.1 Å². The number of aromatic nitrogens is 1. The fraction of sp³-hybridized carbons (Fsp3) is 0.759. The second-order valence-corrected chi connectivity index (χ2v) is 12.2. The molecule has 3 saturated heterocycles. The van der Waals surface area contributed by atoms with Crippen molar-refractivity contribution < 1.29 is 42.8 Å². The lowest BCUT2D eigenvalue weighted by molar-refractivity contribution is -0.156. The topological polar surface area (TPSA) is 135 Å². The van der Waals surface area contributed by atoms with Gasteiger partial charge in [0.05, 0.1) is 48.3 Å². The number of epoxide rings is 2. The number of fused-ring (bicyclic) bond motifs is 1. The van der Waals surface area contributed by atoms with Crippen LogP contribution in [0.2, 0.25) is 0 Å². The number of esters is 1. The number of Topliss-reactive ketones (excluding diaryl/α,β-unsaturated/α-hetero) is 1. The van der Waals surface area contributed by atoms with Gasteiger partial charge >= 0.3 is 5.97 Å². The first kappa shape index (κ1) is 29.8. The van der Waals surface area contributed by atoms with Crippen molar-refractivity contribution in [2.75, 3.05) is 6.61 Å². The molecule has 8 atom stereocenters. The Bertz CT molecular complexity index is 1100. The summed E-state index contributed by atoms with van der Waals surface area (Å²) in [6.07, 6.45) is 0.592. The summed E-state index contributed by atoms with van der Waals surface area (Å²) in [6, 6.07) is 0. The Morgan fingerprint density at radius 3 is 2.54 bits per heavy atom. The summed E-state index contributed by atoms with van der Waals surface area (Å²) in [5.41, 5.74) is -2.39. The quantitative estimate of drug-likeness (QED) is 0.419. The molecule has 1 aromatic rings. The van der Waals surface area contributed by atoms with Crippen molar-refractivity contribution in [3.8, 4) is 0 Å². The highest BCUT2D eigenvalue weighted by Gasteiger charge is 2.66. The molecule has 2 N–H and O–H groups in total. The molecule has 0 amide bonds. The lowest BCUT2D eigenvalue weighted by Gasteiger charge is -2.35. The lowest BCUT2D eigenvalue weighted by Crippen LogP contribution is -2.48. The van der Waals surface area contributed by atoms with Crippen molar-refractivity contribution in [1.29, 1.82) is 0 Å². The Kier molecular flexibility index (Phi) is 8.44. The number of hydrogen-bond acceptors (Lipinski definition) is 9. The van der Waals surface area contributed by atoms with Crippen LogP contribution in [0.1, 0.15) is 84.7 Å². The third kappa shape index (κ3) is 6.14. The number of carbonyl (C=O) groups excluding carboxylic acids is 2. The number of aliphatic hydroxyl groups is 2. The number of carbonyl (C=O) groups is 2. The molecule has 1 aromatic heterocycles. The number of halogens is 1. The molecular formula is C29H42FNO8. The van der Waals surface area contributed by atoms with Gasteiger partial charge in [0.25, 0.3) is 0 Å². The molecule has 3 aliphatic rings. The van der Waals surface area contributed by atoms with Crippen molar-refractivity contribution in [2.45, 2.75) is 116 Å². The summed E-state index contributed by atoms with van der Waals surface area (Å²) in [7, 11) is 0. The SMILES string of the molecule is CCC12C[C@@H](C(F)=Cc3coc(C)n3)OC(=O)C[C@H](O)C(C)(C)C(=O)[C@@H](C3CO3)[C@H](O)[C@@H](C)CCCC1(C)O2. The van der Waals surface area contributed by atoms with E-state index in [0.29, 0.717) is 31.8 Å². The number of aliphatic hydroxyl groups excluding tert-OH is 2. The highest BCUT2D eigenvalue weighted by molar-refractivity contribution is 5.89. The average Bonchev–Trinajstić information content (AvgIpc) is 3.75. The molecule has 0 radical (unpaired) electrons. The molecule has 0 aromatic carbocycles. The number of aryl methyl sites for hydroxylation is 1. The molecule has 4 rings (SSSR count). The molecule has 4 heterocycles. The normalized spacial score (nSPS) is 40.1. The largest absolute Gasteiger partial charge is 0.455 e. The van der Waals surface area contributed by atoms with Gasteiger partial charge in [0, 0.05) is 19.4 Å². The minimum Gasteiger partial charge on any atom is -0.455 e. The number of ketones is 1. The van der Waals surface area contributed by atoms with E-state index in [1.54, 1.807) is 20.8 Å². The van der Waals surface area contributed by atoms with E-state index in [9.17, 15) is 19.8 Å². The molecule has 39 heavy (non-hydrogen) atoms. The van der Waals surface area contributed by atoms with Gasteiger partial charge in [-0.1, -0.05) is 34.1 Å². The first-order valence-corrected chi connectivity index (χ1v) is 13.9. The monoisotopic (exact) mass is 551 g/mol. The van der Waals surface area contributed by atoms with Crippen LogP contribution in [0.5, 0.6) is 0 Å². The predicted molar refractivity (Wildman–Crippen MR) is 139 cm³/mol. The Morgan fingerprint density at radius 1 is 1.26 bits per heavy atom.